The lowest BCUT2D eigenvalue weighted by Crippen LogP contribution is -2.40. The number of nitrogens with one attached hydrogen (secondary N) is 1. The van der Waals surface area contributed by atoms with E-state index in [9.17, 15) is 18.0 Å². The minimum atomic E-state index is -4.29. The highest BCUT2D eigenvalue weighted by Gasteiger charge is 2.27. The minimum absolute atomic E-state index is 0.276. The Balaban J connectivity index is 1.91. The Bertz CT molecular complexity index is 474. The molecule has 6 heteroatoms. The highest BCUT2D eigenvalue weighted by molar-refractivity contribution is 5.78. The SMILES string of the molecule is O=C(CNCC(F)(F)F)N1CCCc2ccccc2C1. The van der Waals surface area contributed by atoms with Gasteiger partial charge in [-0.25, -0.2) is 0 Å². The molecule has 0 aromatic heterocycles. The molecule has 0 radical (unpaired) electrons. The zero-order valence-electron chi connectivity index (χ0n) is 11.0. The largest absolute Gasteiger partial charge is 0.401 e. The van der Waals surface area contributed by atoms with Crippen LogP contribution in [0, 0.1) is 0 Å². The molecule has 0 aliphatic carbocycles. The van der Waals surface area contributed by atoms with E-state index < -0.39 is 12.7 Å². The Hall–Kier alpha value is -1.56. The number of fused-ring (bicyclic) bond motifs is 1. The summed E-state index contributed by atoms with van der Waals surface area (Å²) < 4.78 is 36.1. The van der Waals surface area contributed by atoms with Gasteiger partial charge in [-0.2, -0.15) is 13.2 Å². The van der Waals surface area contributed by atoms with E-state index in [0.29, 0.717) is 13.1 Å². The van der Waals surface area contributed by atoms with Crippen LogP contribution in [0.2, 0.25) is 0 Å². The summed E-state index contributed by atoms with van der Waals surface area (Å²) in [6, 6.07) is 7.87. The Morgan fingerprint density at radius 2 is 1.95 bits per heavy atom. The molecule has 0 bridgehead atoms. The maximum absolute atomic E-state index is 12.0. The minimum Gasteiger partial charge on any atom is -0.337 e. The zero-order valence-corrected chi connectivity index (χ0v) is 11.0. The van der Waals surface area contributed by atoms with Crippen LogP contribution in [0.25, 0.3) is 0 Å². The first-order valence-corrected chi connectivity index (χ1v) is 6.58. The number of nitrogens with zero attached hydrogens (tertiary/aromatic N) is 1. The van der Waals surface area contributed by atoms with Gasteiger partial charge in [0, 0.05) is 13.1 Å². The smallest absolute Gasteiger partial charge is 0.337 e. The molecule has 110 valence electrons. The molecular formula is C14H17F3N2O. The van der Waals surface area contributed by atoms with Gasteiger partial charge in [0.2, 0.25) is 5.91 Å². The predicted molar refractivity (Wildman–Crippen MR) is 69.1 cm³/mol. The van der Waals surface area contributed by atoms with Crippen LogP contribution in [0.15, 0.2) is 24.3 Å². The third-order valence-corrected chi connectivity index (χ3v) is 3.31. The molecule has 1 aliphatic rings. The summed E-state index contributed by atoms with van der Waals surface area (Å²) >= 11 is 0. The average molecular weight is 286 g/mol. The van der Waals surface area contributed by atoms with Gasteiger partial charge in [-0.15, -0.1) is 0 Å². The highest BCUT2D eigenvalue weighted by atomic mass is 19.4. The second-order valence-corrected chi connectivity index (χ2v) is 4.91. The van der Waals surface area contributed by atoms with Crippen molar-refractivity contribution in [3.05, 3.63) is 35.4 Å². The number of carbonyl (C=O) groups is 1. The Labute approximate surface area is 115 Å². The molecule has 0 atom stereocenters. The molecule has 1 amide bonds. The van der Waals surface area contributed by atoms with Gasteiger partial charge < -0.3 is 10.2 Å². The summed E-state index contributed by atoms with van der Waals surface area (Å²) in [5.74, 6) is -0.286. The molecule has 20 heavy (non-hydrogen) atoms. The molecule has 0 saturated heterocycles. The van der Waals surface area contributed by atoms with Crippen LogP contribution in [-0.2, 0) is 17.8 Å². The lowest BCUT2D eigenvalue weighted by Gasteiger charge is -2.21. The van der Waals surface area contributed by atoms with Crippen LogP contribution in [0.4, 0.5) is 13.2 Å². The van der Waals surface area contributed by atoms with Crippen LogP contribution >= 0.6 is 0 Å². The van der Waals surface area contributed by atoms with Crippen molar-refractivity contribution in [1.82, 2.24) is 10.2 Å². The molecule has 1 heterocycles. The van der Waals surface area contributed by atoms with Crippen molar-refractivity contribution in [2.24, 2.45) is 0 Å². The van der Waals surface area contributed by atoms with E-state index in [4.69, 9.17) is 0 Å². The van der Waals surface area contributed by atoms with Crippen LogP contribution in [0.1, 0.15) is 17.5 Å². The molecule has 1 aliphatic heterocycles. The van der Waals surface area contributed by atoms with Gasteiger partial charge in [0.15, 0.2) is 0 Å². The summed E-state index contributed by atoms with van der Waals surface area (Å²) in [5, 5.41) is 2.15. The Kier molecular flexibility index (Phi) is 4.65. The topological polar surface area (TPSA) is 32.3 Å². The normalized spacial score (nSPS) is 15.7. The van der Waals surface area contributed by atoms with Gasteiger partial charge in [0.25, 0.3) is 0 Å². The first-order chi connectivity index (χ1) is 9.46. The summed E-state index contributed by atoms with van der Waals surface area (Å²) in [4.78, 5) is 13.6. The van der Waals surface area contributed by atoms with Gasteiger partial charge in [0.1, 0.15) is 0 Å². The van der Waals surface area contributed by atoms with Crippen molar-refractivity contribution >= 4 is 5.91 Å². The van der Waals surface area contributed by atoms with Gasteiger partial charge >= 0.3 is 6.18 Å². The van der Waals surface area contributed by atoms with Crippen molar-refractivity contribution in [3.63, 3.8) is 0 Å². The lowest BCUT2D eigenvalue weighted by atomic mass is 10.0. The number of hydrogen-bond acceptors (Lipinski definition) is 2. The molecule has 1 aromatic carbocycles. The van der Waals surface area contributed by atoms with Gasteiger partial charge in [-0.3, -0.25) is 4.79 Å². The van der Waals surface area contributed by atoms with E-state index in [1.807, 2.05) is 24.3 Å². The average Bonchev–Trinajstić information content (AvgIpc) is 2.59. The van der Waals surface area contributed by atoms with E-state index in [2.05, 4.69) is 5.32 Å². The monoisotopic (exact) mass is 286 g/mol. The van der Waals surface area contributed by atoms with E-state index >= 15 is 0 Å². The molecule has 0 unspecified atom stereocenters. The third kappa shape index (κ3) is 4.23. The maximum atomic E-state index is 12.0. The van der Waals surface area contributed by atoms with Gasteiger partial charge in [-0.05, 0) is 24.0 Å². The maximum Gasteiger partial charge on any atom is 0.401 e. The molecular weight excluding hydrogens is 269 g/mol. The first kappa shape index (κ1) is 14.8. The number of rotatable bonds is 3. The fourth-order valence-corrected chi connectivity index (χ4v) is 2.34. The number of aryl methyl sites for hydroxylation is 1. The Morgan fingerprint density at radius 1 is 1.25 bits per heavy atom. The molecule has 0 spiro atoms. The summed E-state index contributed by atoms with van der Waals surface area (Å²) in [7, 11) is 0. The van der Waals surface area contributed by atoms with E-state index in [-0.39, 0.29) is 12.5 Å². The van der Waals surface area contributed by atoms with Crippen LogP contribution in [0.5, 0.6) is 0 Å². The van der Waals surface area contributed by atoms with Crippen molar-refractivity contribution < 1.29 is 18.0 Å². The van der Waals surface area contributed by atoms with Crippen LogP contribution in [0.3, 0.4) is 0 Å². The quantitative estimate of drug-likeness (QED) is 0.923. The molecule has 0 fully saturated rings. The number of alkyl halides is 3. The second-order valence-electron chi connectivity index (χ2n) is 4.91. The lowest BCUT2D eigenvalue weighted by molar-refractivity contribution is -0.134. The van der Waals surface area contributed by atoms with Crippen molar-refractivity contribution in [2.45, 2.75) is 25.6 Å². The number of benzene rings is 1. The van der Waals surface area contributed by atoms with Crippen LogP contribution < -0.4 is 5.32 Å². The molecule has 1 N–H and O–H groups in total. The summed E-state index contributed by atoms with van der Waals surface area (Å²) in [5.41, 5.74) is 2.29. The number of halogens is 3. The van der Waals surface area contributed by atoms with Gasteiger partial charge in [-0.1, -0.05) is 24.3 Å². The fraction of sp³-hybridized carbons (Fsp3) is 0.500. The van der Waals surface area contributed by atoms with Crippen LogP contribution in [-0.4, -0.2) is 36.6 Å². The number of hydrogen-bond donors (Lipinski definition) is 1. The zero-order chi connectivity index (χ0) is 14.6. The van der Waals surface area contributed by atoms with E-state index in [1.165, 1.54) is 5.56 Å². The van der Waals surface area contributed by atoms with Crippen molar-refractivity contribution in [2.75, 3.05) is 19.6 Å². The Morgan fingerprint density at radius 3 is 2.65 bits per heavy atom. The molecule has 3 nitrogen and oxygen atoms in total. The summed E-state index contributed by atoms with van der Waals surface area (Å²) in [6.45, 7) is -0.352. The third-order valence-electron chi connectivity index (χ3n) is 3.31. The highest BCUT2D eigenvalue weighted by Crippen LogP contribution is 2.18. The second kappa shape index (κ2) is 6.26. The molecule has 2 rings (SSSR count). The van der Waals surface area contributed by atoms with E-state index in [1.54, 1.807) is 4.90 Å². The van der Waals surface area contributed by atoms with Gasteiger partial charge in [0.05, 0.1) is 13.1 Å². The molecule has 1 aromatic rings. The first-order valence-electron chi connectivity index (χ1n) is 6.58. The van der Waals surface area contributed by atoms with Crippen molar-refractivity contribution in [3.8, 4) is 0 Å². The fourth-order valence-electron chi connectivity index (χ4n) is 2.34. The predicted octanol–water partition coefficient (Wildman–Crippen LogP) is 2.11. The summed E-state index contributed by atoms with van der Waals surface area (Å²) in [6.07, 6.45) is -2.55. The number of carbonyl (C=O) groups excluding carboxylic acids is 1. The number of amides is 1. The van der Waals surface area contributed by atoms with Crippen molar-refractivity contribution in [1.29, 1.82) is 0 Å². The molecule has 0 saturated carbocycles. The van der Waals surface area contributed by atoms with E-state index in [0.717, 1.165) is 18.4 Å². The standard InChI is InChI=1S/C14H17F3N2O/c15-14(16,17)10-18-8-13(20)19-7-3-6-11-4-1-2-5-12(11)9-19/h1-2,4-5,18H,3,6-10H2.